The Labute approximate surface area is 227 Å². The molecule has 0 saturated carbocycles. The van der Waals surface area contributed by atoms with Gasteiger partial charge in [0.25, 0.3) is 0 Å². The zero-order valence-corrected chi connectivity index (χ0v) is 22.4. The monoisotopic (exact) mass is 540 g/mol. The predicted molar refractivity (Wildman–Crippen MR) is 152 cm³/mol. The fraction of sp³-hybridized carbons (Fsp3) is 0.143. The van der Waals surface area contributed by atoms with Gasteiger partial charge in [0, 0.05) is 40.7 Å². The van der Waals surface area contributed by atoms with E-state index in [-0.39, 0.29) is 0 Å². The van der Waals surface area contributed by atoms with Gasteiger partial charge in [-0.3, -0.25) is 0 Å². The van der Waals surface area contributed by atoms with Gasteiger partial charge in [0.2, 0.25) is 5.88 Å². The molecule has 0 spiro atoms. The molecule has 0 bridgehead atoms. The third-order valence-corrected chi connectivity index (χ3v) is 7.91. The topological polar surface area (TPSA) is 86.5 Å². The first-order valence-electron chi connectivity index (χ1n) is 12.0. The average molecular weight is 541 g/mol. The van der Waals surface area contributed by atoms with Crippen LogP contribution in [0, 0.1) is 6.92 Å². The summed E-state index contributed by atoms with van der Waals surface area (Å²) in [6.45, 7) is 3.03. The zero-order chi connectivity index (χ0) is 25.9. The van der Waals surface area contributed by atoms with Crippen LogP contribution in [0.1, 0.15) is 5.56 Å². The number of thiophene rings is 1. The minimum atomic E-state index is 0.438. The molecule has 0 fully saturated rings. The van der Waals surface area contributed by atoms with E-state index in [1.165, 1.54) is 5.56 Å². The van der Waals surface area contributed by atoms with Gasteiger partial charge in [0.05, 0.1) is 11.5 Å². The first-order valence-corrected chi connectivity index (χ1v) is 13.7. The zero-order valence-electron chi connectivity index (χ0n) is 20.8. The van der Waals surface area contributed by atoms with Crippen molar-refractivity contribution >= 4 is 51.0 Å². The number of methoxy groups -OCH3 is 1. The third kappa shape index (κ3) is 5.06. The van der Waals surface area contributed by atoms with Gasteiger partial charge in [-0.15, -0.1) is 26.6 Å². The Morgan fingerprint density at radius 2 is 1.82 bits per heavy atom. The minimum absolute atomic E-state index is 0.438. The highest BCUT2D eigenvalue weighted by Gasteiger charge is 2.13. The van der Waals surface area contributed by atoms with Gasteiger partial charge in [-0.1, -0.05) is 36.0 Å². The molecule has 38 heavy (non-hydrogen) atoms. The number of anilines is 2. The summed E-state index contributed by atoms with van der Waals surface area (Å²) in [6.07, 6.45) is 1.78. The molecule has 190 valence electrons. The summed E-state index contributed by atoms with van der Waals surface area (Å²) in [6, 6.07) is 22.4. The summed E-state index contributed by atoms with van der Waals surface area (Å²) in [7, 11) is 1.64. The summed E-state index contributed by atoms with van der Waals surface area (Å²) < 4.78 is 12.5. The minimum Gasteiger partial charge on any atom is -0.474 e. The quantitative estimate of drug-likeness (QED) is 0.162. The van der Waals surface area contributed by atoms with Gasteiger partial charge in [-0.2, -0.15) is 0 Å². The van der Waals surface area contributed by atoms with E-state index in [1.807, 2.05) is 36.4 Å². The van der Waals surface area contributed by atoms with Crippen LogP contribution >= 0.6 is 23.1 Å². The second kappa shape index (κ2) is 10.8. The summed E-state index contributed by atoms with van der Waals surface area (Å²) in [4.78, 5) is 6.59. The highest BCUT2D eigenvalue weighted by atomic mass is 32.2. The highest BCUT2D eigenvalue weighted by Crippen LogP contribution is 2.35. The van der Waals surface area contributed by atoms with Crippen molar-refractivity contribution in [1.29, 1.82) is 0 Å². The van der Waals surface area contributed by atoms with Gasteiger partial charge in [-0.05, 0) is 54.3 Å². The number of ether oxygens (including phenoxy) is 2. The molecule has 6 aromatic rings. The molecule has 2 aromatic carbocycles. The standard InChI is InChI=1S/C28H24N6O2S2/c1-18-15-23(37-17-18)27-21-5-3-4-6-22(21)28(32-31-27)30-19-7-9-20(10-8-19)38-26-11-12-29-24-16-25(33-34(24)26)36-14-13-35-2/h3-12,15-17H,13-14H2,1-2H3,(H,30,32). The van der Waals surface area contributed by atoms with Crippen LogP contribution in [0.15, 0.2) is 88.2 Å². The van der Waals surface area contributed by atoms with Crippen LogP contribution in [0.3, 0.4) is 0 Å². The summed E-state index contributed by atoms with van der Waals surface area (Å²) in [5, 5.41) is 22.3. The summed E-state index contributed by atoms with van der Waals surface area (Å²) in [5.74, 6) is 1.25. The molecule has 0 atom stereocenters. The number of nitrogens with zero attached hydrogens (tertiary/aromatic N) is 5. The molecule has 0 amide bonds. The van der Waals surface area contributed by atoms with Crippen molar-refractivity contribution in [2.45, 2.75) is 16.8 Å². The molecule has 4 aromatic heterocycles. The maximum atomic E-state index is 5.65. The van der Waals surface area contributed by atoms with Crippen molar-refractivity contribution in [2.24, 2.45) is 0 Å². The van der Waals surface area contributed by atoms with Crippen molar-refractivity contribution in [3.63, 3.8) is 0 Å². The fourth-order valence-electron chi connectivity index (χ4n) is 4.03. The van der Waals surface area contributed by atoms with E-state index in [2.05, 4.69) is 68.2 Å². The third-order valence-electron chi connectivity index (χ3n) is 5.83. The lowest BCUT2D eigenvalue weighted by Crippen LogP contribution is -2.04. The van der Waals surface area contributed by atoms with Crippen molar-refractivity contribution in [3.8, 4) is 16.5 Å². The van der Waals surface area contributed by atoms with E-state index in [0.717, 1.165) is 48.4 Å². The Morgan fingerprint density at radius 1 is 0.974 bits per heavy atom. The molecule has 0 aliphatic carbocycles. The van der Waals surface area contributed by atoms with Gasteiger partial charge in [0.1, 0.15) is 17.3 Å². The van der Waals surface area contributed by atoms with E-state index >= 15 is 0 Å². The smallest absolute Gasteiger partial charge is 0.235 e. The molecule has 8 nitrogen and oxygen atoms in total. The number of aryl methyl sites for hydroxylation is 1. The summed E-state index contributed by atoms with van der Waals surface area (Å²) >= 11 is 3.29. The molecule has 0 unspecified atom stereocenters. The van der Waals surface area contributed by atoms with E-state index in [0.29, 0.717) is 19.1 Å². The Kier molecular flexibility index (Phi) is 6.91. The molecule has 0 aliphatic heterocycles. The van der Waals surface area contributed by atoms with Gasteiger partial charge in [-0.25, -0.2) is 9.50 Å². The first-order chi connectivity index (χ1) is 18.7. The SMILES string of the molecule is COCCOc1cc2nccc(Sc3ccc(Nc4nnc(-c5cc(C)cs5)c5ccccc45)cc3)n2n1. The number of aromatic nitrogens is 5. The van der Waals surface area contributed by atoms with E-state index in [4.69, 9.17) is 9.47 Å². The Hall–Kier alpha value is -3.99. The largest absolute Gasteiger partial charge is 0.474 e. The van der Waals surface area contributed by atoms with Crippen LogP contribution in [0.4, 0.5) is 11.5 Å². The Bertz CT molecular complexity index is 1710. The molecule has 4 heterocycles. The molecule has 6 rings (SSSR count). The van der Waals surface area contributed by atoms with Crippen molar-refractivity contribution in [2.75, 3.05) is 25.6 Å². The number of benzene rings is 2. The van der Waals surface area contributed by atoms with Crippen LogP contribution in [-0.4, -0.2) is 45.1 Å². The normalized spacial score (nSPS) is 11.3. The number of hydrogen-bond donors (Lipinski definition) is 1. The van der Waals surface area contributed by atoms with Crippen molar-refractivity contribution in [1.82, 2.24) is 24.8 Å². The van der Waals surface area contributed by atoms with Gasteiger partial charge in [0.15, 0.2) is 11.5 Å². The lowest BCUT2D eigenvalue weighted by molar-refractivity contribution is 0.143. The molecule has 0 radical (unpaired) electrons. The Balaban J connectivity index is 1.21. The lowest BCUT2D eigenvalue weighted by Gasteiger charge is -2.11. The predicted octanol–water partition coefficient (Wildman–Crippen LogP) is 6.63. The lowest BCUT2D eigenvalue weighted by atomic mass is 10.1. The fourth-order valence-corrected chi connectivity index (χ4v) is 5.79. The van der Waals surface area contributed by atoms with Crippen molar-refractivity contribution in [3.05, 3.63) is 83.9 Å². The number of nitrogens with one attached hydrogen (secondary N) is 1. The van der Waals surface area contributed by atoms with E-state index in [1.54, 1.807) is 40.9 Å². The molecule has 0 aliphatic rings. The van der Waals surface area contributed by atoms with Gasteiger partial charge >= 0.3 is 0 Å². The average Bonchev–Trinajstić information content (AvgIpc) is 3.56. The van der Waals surface area contributed by atoms with Crippen LogP contribution in [0.25, 0.3) is 27.0 Å². The molecule has 1 N–H and O–H groups in total. The van der Waals surface area contributed by atoms with E-state index < -0.39 is 0 Å². The number of hydrogen-bond acceptors (Lipinski definition) is 9. The summed E-state index contributed by atoms with van der Waals surface area (Å²) in [5.41, 5.74) is 3.80. The molecule has 0 saturated heterocycles. The van der Waals surface area contributed by atoms with Crippen LogP contribution < -0.4 is 10.1 Å². The van der Waals surface area contributed by atoms with Crippen LogP contribution in [0.2, 0.25) is 0 Å². The van der Waals surface area contributed by atoms with Crippen LogP contribution in [-0.2, 0) is 4.74 Å². The van der Waals surface area contributed by atoms with Crippen molar-refractivity contribution < 1.29 is 9.47 Å². The molecule has 10 heteroatoms. The first kappa shape index (κ1) is 24.4. The maximum Gasteiger partial charge on any atom is 0.235 e. The molecular formula is C28H24N6O2S2. The second-order valence-corrected chi connectivity index (χ2v) is 10.6. The number of rotatable bonds is 9. The van der Waals surface area contributed by atoms with Gasteiger partial charge < -0.3 is 14.8 Å². The Morgan fingerprint density at radius 3 is 2.61 bits per heavy atom. The maximum absolute atomic E-state index is 5.65. The highest BCUT2D eigenvalue weighted by molar-refractivity contribution is 7.99. The molecular weight excluding hydrogens is 516 g/mol. The van der Waals surface area contributed by atoms with Crippen LogP contribution in [0.5, 0.6) is 5.88 Å². The van der Waals surface area contributed by atoms with E-state index in [9.17, 15) is 0 Å². The second-order valence-electron chi connectivity index (χ2n) is 8.56. The number of fused-ring (bicyclic) bond motifs is 2.